The van der Waals surface area contributed by atoms with Crippen LogP contribution in [0.5, 0.6) is 0 Å². The fourth-order valence-electron chi connectivity index (χ4n) is 2.40. The zero-order chi connectivity index (χ0) is 16.7. The molecule has 1 atom stereocenters. The Labute approximate surface area is 136 Å². The summed E-state index contributed by atoms with van der Waals surface area (Å²) in [7, 11) is 0. The summed E-state index contributed by atoms with van der Waals surface area (Å²) in [4.78, 5) is 20.3. The Morgan fingerprint density at radius 3 is 2.74 bits per heavy atom. The van der Waals surface area contributed by atoms with E-state index in [0.717, 1.165) is 18.9 Å². The highest BCUT2D eigenvalue weighted by Crippen LogP contribution is 2.14. The van der Waals surface area contributed by atoms with Gasteiger partial charge in [-0.15, -0.1) is 0 Å². The number of carbonyl (C=O) groups excluding carboxylic acids is 1. The van der Waals surface area contributed by atoms with E-state index in [1.165, 1.54) is 0 Å². The van der Waals surface area contributed by atoms with Crippen molar-refractivity contribution in [2.24, 2.45) is 0 Å². The number of nitrogens with zero attached hydrogens (tertiary/aromatic N) is 4. The second kappa shape index (κ2) is 8.46. The summed E-state index contributed by atoms with van der Waals surface area (Å²) in [5.74, 6) is 0.902. The molecule has 0 aliphatic carbocycles. The van der Waals surface area contributed by atoms with Crippen molar-refractivity contribution in [2.45, 2.75) is 19.4 Å². The van der Waals surface area contributed by atoms with Crippen LogP contribution >= 0.6 is 0 Å². The maximum atomic E-state index is 12.1. The topological polar surface area (TPSA) is 89.7 Å². The molecule has 124 valence electrons. The lowest BCUT2D eigenvalue weighted by atomic mass is 10.2. The van der Waals surface area contributed by atoms with Crippen molar-refractivity contribution in [1.82, 2.24) is 9.88 Å². The van der Waals surface area contributed by atoms with E-state index in [0.29, 0.717) is 31.7 Å². The molecule has 1 amide bonds. The predicted molar refractivity (Wildman–Crippen MR) is 84.9 cm³/mol. The predicted octanol–water partition coefficient (Wildman–Crippen LogP) is 0.389. The molecule has 23 heavy (non-hydrogen) atoms. The second-order valence-electron chi connectivity index (χ2n) is 5.56. The molecule has 1 aliphatic rings. The van der Waals surface area contributed by atoms with Gasteiger partial charge in [-0.3, -0.25) is 4.79 Å². The number of hydrogen-bond acceptors (Lipinski definition) is 6. The van der Waals surface area contributed by atoms with Crippen LogP contribution in [0.1, 0.15) is 18.9 Å². The van der Waals surface area contributed by atoms with Crippen LogP contribution in [0.25, 0.3) is 0 Å². The number of rotatable bonds is 6. The lowest BCUT2D eigenvalue weighted by Crippen LogP contribution is -2.49. The Kier molecular flexibility index (Phi) is 6.32. The molecule has 1 aromatic rings. The van der Waals surface area contributed by atoms with Crippen molar-refractivity contribution in [3.8, 4) is 6.07 Å². The van der Waals surface area contributed by atoms with Crippen LogP contribution in [0.15, 0.2) is 18.3 Å². The van der Waals surface area contributed by atoms with Crippen LogP contribution in [-0.4, -0.2) is 66.4 Å². The number of piperazine rings is 1. The first kappa shape index (κ1) is 17.2. The molecule has 0 bridgehead atoms. The molecule has 2 rings (SSSR count). The number of aliphatic hydroxyl groups excluding tert-OH is 1. The molecule has 7 heteroatoms. The number of aromatic nitrogens is 1. The number of ether oxygens (including phenoxy) is 1. The number of aliphatic hydroxyl groups is 1. The van der Waals surface area contributed by atoms with Crippen molar-refractivity contribution in [1.29, 1.82) is 5.26 Å². The number of anilines is 1. The molecule has 1 unspecified atom stereocenters. The van der Waals surface area contributed by atoms with E-state index in [9.17, 15) is 4.79 Å². The van der Waals surface area contributed by atoms with Gasteiger partial charge in [0.1, 0.15) is 11.9 Å². The summed E-state index contributed by atoms with van der Waals surface area (Å²) in [6.07, 6.45) is 1.39. The third kappa shape index (κ3) is 5.20. The minimum atomic E-state index is -0.506. The Bertz CT molecular complexity index is 545. The van der Waals surface area contributed by atoms with E-state index in [1.54, 1.807) is 19.2 Å². The Morgan fingerprint density at radius 2 is 2.17 bits per heavy atom. The smallest absolute Gasteiger partial charge is 0.225 e. The maximum Gasteiger partial charge on any atom is 0.225 e. The zero-order valence-corrected chi connectivity index (χ0v) is 13.3. The van der Waals surface area contributed by atoms with Gasteiger partial charge in [0.2, 0.25) is 5.91 Å². The summed E-state index contributed by atoms with van der Waals surface area (Å²) in [6, 6.07) is 5.63. The fourth-order valence-corrected chi connectivity index (χ4v) is 2.40. The zero-order valence-electron chi connectivity index (χ0n) is 13.3. The highest BCUT2D eigenvalue weighted by molar-refractivity contribution is 5.76. The molecule has 1 fully saturated rings. The molecule has 0 radical (unpaired) electrons. The third-order valence-corrected chi connectivity index (χ3v) is 3.65. The molecule has 7 nitrogen and oxygen atoms in total. The molecular weight excluding hydrogens is 296 g/mol. The molecule has 1 saturated heterocycles. The SMILES string of the molecule is CC(O)COCCC(=O)N1CCN(c2ccc(C#N)cn2)CC1. The first-order chi connectivity index (χ1) is 11.1. The number of pyridine rings is 1. The van der Waals surface area contributed by atoms with Gasteiger partial charge in [-0.1, -0.05) is 0 Å². The first-order valence-corrected chi connectivity index (χ1v) is 7.75. The van der Waals surface area contributed by atoms with Gasteiger partial charge in [0, 0.05) is 32.4 Å². The van der Waals surface area contributed by atoms with E-state index >= 15 is 0 Å². The standard InChI is InChI=1S/C16H22N4O3/c1-13(21)12-23-9-4-16(22)20-7-5-19(6-8-20)15-3-2-14(10-17)11-18-15/h2-3,11,13,21H,4-9,12H2,1H3. The number of hydrogen-bond donors (Lipinski definition) is 1. The average Bonchev–Trinajstić information content (AvgIpc) is 2.58. The van der Waals surface area contributed by atoms with Crippen LogP contribution in [0.4, 0.5) is 5.82 Å². The van der Waals surface area contributed by atoms with Gasteiger partial charge in [0.15, 0.2) is 0 Å². The lowest BCUT2D eigenvalue weighted by Gasteiger charge is -2.35. The number of amides is 1. The lowest BCUT2D eigenvalue weighted by molar-refractivity contribution is -0.132. The summed E-state index contributed by atoms with van der Waals surface area (Å²) in [6.45, 7) is 4.98. The van der Waals surface area contributed by atoms with Gasteiger partial charge in [-0.25, -0.2) is 4.98 Å². The van der Waals surface area contributed by atoms with Gasteiger partial charge in [0.05, 0.1) is 31.3 Å². The average molecular weight is 318 g/mol. The number of nitriles is 1. The van der Waals surface area contributed by atoms with Crippen molar-refractivity contribution in [2.75, 3.05) is 44.3 Å². The van der Waals surface area contributed by atoms with Crippen LogP contribution in [0, 0.1) is 11.3 Å². The van der Waals surface area contributed by atoms with E-state index < -0.39 is 6.10 Å². The molecule has 1 aromatic heterocycles. The first-order valence-electron chi connectivity index (χ1n) is 7.75. The highest BCUT2D eigenvalue weighted by atomic mass is 16.5. The third-order valence-electron chi connectivity index (χ3n) is 3.65. The van der Waals surface area contributed by atoms with E-state index in [1.807, 2.05) is 17.0 Å². The van der Waals surface area contributed by atoms with Gasteiger partial charge >= 0.3 is 0 Å². The Hall–Kier alpha value is -2.17. The van der Waals surface area contributed by atoms with Crippen LogP contribution in [0.2, 0.25) is 0 Å². The fraction of sp³-hybridized carbons (Fsp3) is 0.562. The van der Waals surface area contributed by atoms with Crippen molar-refractivity contribution < 1.29 is 14.6 Å². The van der Waals surface area contributed by atoms with Crippen molar-refractivity contribution in [3.63, 3.8) is 0 Å². The summed E-state index contributed by atoms with van der Waals surface area (Å²) in [5.41, 5.74) is 0.541. The minimum absolute atomic E-state index is 0.0723. The van der Waals surface area contributed by atoms with Gasteiger partial charge < -0.3 is 19.6 Å². The maximum absolute atomic E-state index is 12.1. The molecular formula is C16H22N4O3. The molecule has 0 saturated carbocycles. The normalized spacial score (nSPS) is 16.0. The monoisotopic (exact) mass is 318 g/mol. The van der Waals surface area contributed by atoms with E-state index in [-0.39, 0.29) is 12.5 Å². The second-order valence-corrected chi connectivity index (χ2v) is 5.56. The summed E-state index contributed by atoms with van der Waals surface area (Å²) < 4.78 is 5.22. The molecule has 1 aliphatic heterocycles. The molecule has 0 aromatic carbocycles. The van der Waals surface area contributed by atoms with Gasteiger partial charge in [0.25, 0.3) is 0 Å². The van der Waals surface area contributed by atoms with Crippen LogP contribution < -0.4 is 4.90 Å². The van der Waals surface area contributed by atoms with Crippen LogP contribution in [-0.2, 0) is 9.53 Å². The summed E-state index contributed by atoms with van der Waals surface area (Å²) >= 11 is 0. The summed E-state index contributed by atoms with van der Waals surface area (Å²) in [5, 5.41) is 17.9. The van der Waals surface area contributed by atoms with Crippen molar-refractivity contribution >= 4 is 11.7 Å². The Morgan fingerprint density at radius 1 is 1.43 bits per heavy atom. The molecule has 1 N–H and O–H groups in total. The highest BCUT2D eigenvalue weighted by Gasteiger charge is 2.21. The van der Waals surface area contributed by atoms with Gasteiger partial charge in [-0.2, -0.15) is 5.26 Å². The van der Waals surface area contributed by atoms with E-state index in [2.05, 4.69) is 9.88 Å². The van der Waals surface area contributed by atoms with Crippen LogP contribution in [0.3, 0.4) is 0 Å². The van der Waals surface area contributed by atoms with Gasteiger partial charge in [-0.05, 0) is 19.1 Å². The number of carbonyl (C=O) groups is 1. The molecule has 0 spiro atoms. The molecule has 2 heterocycles. The quantitative estimate of drug-likeness (QED) is 0.763. The van der Waals surface area contributed by atoms with Crippen molar-refractivity contribution in [3.05, 3.63) is 23.9 Å². The largest absolute Gasteiger partial charge is 0.391 e. The Balaban J connectivity index is 1.74. The minimum Gasteiger partial charge on any atom is -0.391 e. The van der Waals surface area contributed by atoms with E-state index in [4.69, 9.17) is 15.1 Å².